The van der Waals surface area contributed by atoms with Crippen molar-refractivity contribution in [3.63, 3.8) is 0 Å². The average Bonchev–Trinajstić information content (AvgIpc) is 2.74. The Bertz CT molecular complexity index is 649. The summed E-state index contributed by atoms with van der Waals surface area (Å²) in [6.45, 7) is 5.74. The fourth-order valence-corrected chi connectivity index (χ4v) is 2.70. The zero-order valence-corrected chi connectivity index (χ0v) is 12.0. The molecule has 0 radical (unpaired) electrons. The normalized spacial score (nSPS) is 17.3. The first-order chi connectivity index (χ1) is 10.3. The van der Waals surface area contributed by atoms with E-state index in [2.05, 4.69) is 25.1 Å². The number of nitrogens with one attached hydrogen (secondary N) is 1. The van der Waals surface area contributed by atoms with Crippen LogP contribution in [0.5, 0.6) is 0 Å². The van der Waals surface area contributed by atoms with E-state index in [1.165, 1.54) is 4.52 Å². The van der Waals surface area contributed by atoms with Crippen LogP contribution < -0.4 is 16.3 Å². The van der Waals surface area contributed by atoms with E-state index >= 15 is 0 Å². The van der Waals surface area contributed by atoms with Crippen LogP contribution in [0.4, 0.5) is 5.82 Å². The van der Waals surface area contributed by atoms with Gasteiger partial charge in [-0.05, 0) is 44.6 Å². The van der Waals surface area contributed by atoms with E-state index < -0.39 is 0 Å². The van der Waals surface area contributed by atoms with Gasteiger partial charge in [-0.2, -0.15) is 9.61 Å². The number of nitrogens with two attached hydrogens (primary N) is 1. The first-order valence-electron chi connectivity index (χ1n) is 7.40. The molecule has 21 heavy (non-hydrogen) atoms. The maximum Gasteiger partial charge on any atom is 0.364 e. The molecule has 1 aliphatic rings. The van der Waals surface area contributed by atoms with Gasteiger partial charge in [0.1, 0.15) is 5.82 Å². The number of hydrogen-bond acceptors (Lipinski definition) is 6. The molecule has 0 spiro atoms. The lowest BCUT2D eigenvalue weighted by atomic mass is 10.3. The second kappa shape index (κ2) is 6.23. The molecule has 3 rings (SSSR count). The molecule has 0 amide bonds. The molecular formula is C13H21N7O. The number of fused-ring (bicyclic) bond motifs is 1. The number of aromatic amines is 1. The Balaban J connectivity index is 1.73. The molecule has 0 aliphatic carbocycles. The van der Waals surface area contributed by atoms with Gasteiger partial charge in [0.15, 0.2) is 5.65 Å². The van der Waals surface area contributed by atoms with Crippen molar-refractivity contribution in [2.75, 3.05) is 44.2 Å². The molecule has 8 heteroatoms. The molecule has 8 nitrogen and oxygen atoms in total. The Kier molecular flexibility index (Phi) is 4.16. The molecule has 0 bridgehead atoms. The maximum absolute atomic E-state index is 11.6. The van der Waals surface area contributed by atoms with Gasteiger partial charge in [0.05, 0.1) is 0 Å². The first kappa shape index (κ1) is 14.0. The Morgan fingerprint density at radius 3 is 3.00 bits per heavy atom. The van der Waals surface area contributed by atoms with Crippen LogP contribution in [0.25, 0.3) is 5.65 Å². The van der Waals surface area contributed by atoms with Crippen LogP contribution in [0.3, 0.4) is 0 Å². The van der Waals surface area contributed by atoms with Gasteiger partial charge in [-0.15, -0.1) is 5.10 Å². The fraction of sp³-hybridized carbons (Fsp3) is 0.615. The third-order valence-electron chi connectivity index (χ3n) is 3.85. The van der Waals surface area contributed by atoms with Crippen LogP contribution in [0.1, 0.15) is 12.8 Å². The molecular weight excluding hydrogens is 270 g/mol. The van der Waals surface area contributed by atoms with Crippen LogP contribution in [0, 0.1) is 0 Å². The van der Waals surface area contributed by atoms with Crippen LogP contribution in [0.15, 0.2) is 16.9 Å². The zero-order valence-electron chi connectivity index (χ0n) is 12.0. The monoisotopic (exact) mass is 291 g/mol. The maximum atomic E-state index is 11.6. The Hall–Kier alpha value is -1.93. The minimum absolute atomic E-state index is 0.300. The lowest BCUT2D eigenvalue weighted by molar-refractivity contribution is 0.291. The number of H-pyrrole nitrogens is 1. The third-order valence-corrected chi connectivity index (χ3v) is 3.85. The van der Waals surface area contributed by atoms with Gasteiger partial charge in [-0.25, -0.2) is 9.89 Å². The second-order valence-electron chi connectivity index (χ2n) is 5.31. The van der Waals surface area contributed by atoms with E-state index in [-0.39, 0.29) is 5.69 Å². The SMILES string of the molecule is NCCCN1CCCN(c2ccc3n[nH]c(=O)n3n2)CC1. The van der Waals surface area contributed by atoms with Crippen molar-refractivity contribution in [1.29, 1.82) is 0 Å². The van der Waals surface area contributed by atoms with Crippen molar-refractivity contribution in [2.45, 2.75) is 12.8 Å². The Morgan fingerprint density at radius 2 is 2.14 bits per heavy atom. The standard InChI is InChI=1S/C13H21N7O/c14-5-1-6-18-7-2-8-19(10-9-18)12-4-3-11-15-16-13(21)20(11)17-12/h3-4H,1-2,5-10,14H2,(H,16,21). The summed E-state index contributed by atoms with van der Waals surface area (Å²) in [7, 11) is 0. The van der Waals surface area contributed by atoms with Gasteiger partial charge < -0.3 is 15.5 Å². The number of nitrogens with zero attached hydrogens (tertiary/aromatic N) is 5. The van der Waals surface area contributed by atoms with Crippen molar-refractivity contribution >= 4 is 11.5 Å². The predicted octanol–water partition coefficient (Wildman–Crippen LogP) is -0.721. The summed E-state index contributed by atoms with van der Waals surface area (Å²) < 4.78 is 1.31. The van der Waals surface area contributed by atoms with E-state index in [9.17, 15) is 4.79 Å². The smallest absolute Gasteiger partial charge is 0.354 e. The van der Waals surface area contributed by atoms with E-state index in [0.29, 0.717) is 5.65 Å². The van der Waals surface area contributed by atoms with Crippen LogP contribution >= 0.6 is 0 Å². The highest BCUT2D eigenvalue weighted by Gasteiger charge is 2.16. The molecule has 1 saturated heterocycles. The van der Waals surface area contributed by atoms with Gasteiger partial charge in [0.25, 0.3) is 0 Å². The van der Waals surface area contributed by atoms with Gasteiger partial charge in [0, 0.05) is 19.6 Å². The Labute approximate surface area is 122 Å². The zero-order chi connectivity index (χ0) is 14.7. The van der Waals surface area contributed by atoms with Crippen LogP contribution in [-0.2, 0) is 0 Å². The molecule has 3 N–H and O–H groups in total. The lowest BCUT2D eigenvalue weighted by Gasteiger charge is -2.22. The minimum atomic E-state index is -0.300. The molecule has 3 heterocycles. The van der Waals surface area contributed by atoms with Crippen molar-refractivity contribution in [3.05, 3.63) is 22.6 Å². The van der Waals surface area contributed by atoms with E-state index in [4.69, 9.17) is 5.73 Å². The summed E-state index contributed by atoms with van der Waals surface area (Å²) >= 11 is 0. The van der Waals surface area contributed by atoms with E-state index in [1.807, 2.05) is 12.1 Å². The van der Waals surface area contributed by atoms with Crippen molar-refractivity contribution < 1.29 is 0 Å². The highest BCUT2D eigenvalue weighted by atomic mass is 16.2. The highest BCUT2D eigenvalue weighted by molar-refractivity contribution is 5.45. The van der Waals surface area contributed by atoms with E-state index in [1.54, 1.807) is 0 Å². The number of anilines is 1. The largest absolute Gasteiger partial charge is 0.364 e. The third kappa shape index (κ3) is 3.06. The minimum Gasteiger partial charge on any atom is -0.354 e. The molecule has 0 unspecified atom stereocenters. The molecule has 1 aliphatic heterocycles. The van der Waals surface area contributed by atoms with Crippen molar-refractivity contribution in [3.8, 4) is 0 Å². The van der Waals surface area contributed by atoms with Crippen molar-refractivity contribution in [2.24, 2.45) is 5.73 Å². The van der Waals surface area contributed by atoms with Crippen LogP contribution in [0.2, 0.25) is 0 Å². The number of hydrogen-bond donors (Lipinski definition) is 2. The summed E-state index contributed by atoms with van der Waals surface area (Å²) in [6.07, 6.45) is 2.12. The summed E-state index contributed by atoms with van der Waals surface area (Å²) in [5, 5.41) is 10.7. The fourth-order valence-electron chi connectivity index (χ4n) is 2.70. The van der Waals surface area contributed by atoms with E-state index in [0.717, 1.165) is 57.9 Å². The lowest BCUT2D eigenvalue weighted by Crippen LogP contribution is -2.32. The molecule has 0 saturated carbocycles. The molecule has 114 valence electrons. The van der Waals surface area contributed by atoms with Gasteiger partial charge in [0.2, 0.25) is 0 Å². The molecule has 1 fully saturated rings. The quantitative estimate of drug-likeness (QED) is 0.772. The molecule has 0 atom stereocenters. The Morgan fingerprint density at radius 1 is 1.24 bits per heavy atom. The first-order valence-corrected chi connectivity index (χ1v) is 7.40. The van der Waals surface area contributed by atoms with Gasteiger partial charge in [-0.1, -0.05) is 0 Å². The molecule has 2 aromatic rings. The highest BCUT2D eigenvalue weighted by Crippen LogP contribution is 2.13. The summed E-state index contributed by atoms with van der Waals surface area (Å²) in [4.78, 5) is 16.3. The summed E-state index contributed by atoms with van der Waals surface area (Å²) in [5.74, 6) is 0.826. The summed E-state index contributed by atoms with van der Waals surface area (Å²) in [5.41, 5.74) is 5.82. The number of rotatable bonds is 4. The predicted molar refractivity (Wildman–Crippen MR) is 80.5 cm³/mol. The average molecular weight is 291 g/mol. The topological polar surface area (TPSA) is 95.5 Å². The van der Waals surface area contributed by atoms with Gasteiger partial charge >= 0.3 is 5.69 Å². The van der Waals surface area contributed by atoms with Gasteiger partial charge in [-0.3, -0.25) is 0 Å². The molecule has 0 aromatic carbocycles. The van der Waals surface area contributed by atoms with Crippen molar-refractivity contribution in [1.82, 2.24) is 24.7 Å². The second-order valence-corrected chi connectivity index (χ2v) is 5.31. The number of aromatic nitrogens is 4. The summed E-state index contributed by atoms with van der Waals surface area (Å²) in [6, 6.07) is 3.74. The van der Waals surface area contributed by atoms with Crippen LogP contribution in [-0.4, -0.2) is 64.0 Å². The molecule has 2 aromatic heterocycles.